The van der Waals surface area contributed by atoms with Crippen molar-refractivity contribution in [1.29, 1.82) is 0 Å². The lowest BCUT2D eigenvalue weighted by Gasteiger charge is -2.40. The number of carbonyl (C=O) groups excluding carboxylic acids is 2. The zero-order chi connectivity index (χ0) is 26.0. The van der Waals surface area contributed by atoms with E-state index in [2.05, 4.69) is 10.2 Å². The Bertz CT molecular complexity index is 1290. The molecule has 3 aromatic carbocycles. The molecule has 0 radical (unpaired) electrons. The van der Waals surface area contributed by atoms with E-state index in [1.54, 1.807) is 60.5 Å². The van der Waals surface area contributed by atoms with Crippen LogP contribution in [0.2, 0.25) is 0 Å². The summed E-state index contributed by atoms with van der Waals surface area (Å²) < 4.78 is 24.3. The van der Waals surface area contributed by atoms with Gasteiger partial charge in [0.25, 0.3) is 0 Å². The van der Waals surface area contributed by atoms with Crippen LogP contribution in [-0.4, -0.2) is 50.8 Å². The van der Waals surface area contributed by atoms with Crippen LogP contribution in [-0.2, 0) is 16.7 Å². The van der Waals surface area contributed by atoms with Crippen LogP contribution in [0.25, 0.3) is 0 Å². The van der Waals surface area contributed by atoms with Crippen molar-refractivity contribution in [1.82, 2.24) is 4.90 Å². The first kappa shape index (κ1) is 24.8. The fourth-order valence-electron chi connectivity index (χ4n) is 5.38. The molecule has 0 bridgehead atoms. The Hall–Kier alpha value is -3.91. The van der Waals surface area contributed by atoms with E-state index >= 15 is 0 Å². The van der Waals surface area contributed by atoms with Crippen molar-refractivity contribution >= 4 is 23.4 Å². The summed E-state index contributed by atoms with van der Waals surface area (Å²) in [5.74, 6) is 0.0768. The predicted molar refractivity (Wildman–Crippen MR) is 140 cm³/mol. The molecule has 5 rings (SSSR count). The highest BCUT2D eigenvalue weighted by molar-refractivity contribution is 6.03. The van der Waals surface area contributed by atoms with Gasteiger partial charge in [-0.1, -0.05) is 12.1 Å². The van der Waals surface area contributed by atoms with Gasteiger partial charge in [0.2, 0.25) is 0 Å². The number of halogens is 1. The molecule has 1 N–H and O–H groups in total. The quantitative estimate of drug-likeness (QED) is 0.484. The second kappa shape index (κ2) is 10.2. The van der Waals surface area contributed by atoms with Gasteiger partial charge in [-0.3, -0.25) is 9.80 Å². The molecule has 1 spiro atoms. The molecular formula is C29H30FN3O4. The zero-order valence-corrected chi connectivity index (χ0v) is 21.0. The maximum atomic E-state index is 14.4. The number of anilines is 2. The zero-order valence-electron chi connectivity index (χ0n) is 21.0. The maximum absolute atomic E-state index is 14.4. The summed E-state index contributed by atoms with van der Waals surface area (Å²) in [6.07, 6.45) is 1.63. The molecule has 192 valence electrons. The van der Waals surface area contributed by atoms with Crippen LogP contribution in [0.1, 0.15) is 34.3 Å². The Kier molecular flexibility index (Phi) is 6.84. The van der Waals surface area contributed by atoms with Crippen LogP contribution in [0, 0.1) is 5.82 Å². The van der Waals surface area contributed by atoms with Crippen molar-refractivity contribution in [2.75, 3.05) is 44.1 Å². The van der Waals surface area contributed by atoms with Gasteiger partial charge in [-0.25, -0.2) is 14.0 Å². The summed E-state index contributed by atoms with van der Waals surface area (Å²) in [6, 6.07) is 19.1. The fourth-order valence-corrected chi connectivity index (χ4v) is 5.38. The van der Waals surface area contributed by atoms with E-state index in [0.29, 0.717) is 23.5 Å². The monoisotopic (exact) mass is 503 g/mol. The summed E-state index contributed by atoms with van der Waals surface area (Å²) in [7, 11) is 2.97. The number of amides is 2. The van der Waals surface area contributed by atoms with E-state index in [1.807, 2.05) is 12.1 Å². The largest absolute Gasteiger partial charge is 0.497 e. The Morgan fingerprint density at radius 3 is 2.32 bits per heavy atom. The number of benzene rings is 3. The lowest BCUT2D eigenvalue weighted by atomic mass is 9.74. The van der Waals surface area contributed by atoms with Gasteiger partial charge in [-0.05, 0) is 91.7 Å². The lowest BCUT2D eigenvalue weighted by molar-refractivity contribution is 0.0600. The Morgan fingerprint density at radius 2 is 1.68 bits per heavy atom. The molecule has 0 atom stereocenters. The number of carbonyl (C=O) groups is 2. The summed E-state index contributed by atoms with van der Waals surface area (Å²) in [4.78, 5) is 29.1. The number of methoxy groups -OCH3 is 2. The number of ether oxygens (including phenoxy) is 2. The molecule has 2 heterocycles. The predicted octanol–water partition coefficient (Wildman–Crippen LogP) is 5.21. The third-order valence-corrected chi connectivity index (χ3v) is 7.46. The number of rotatable bonds is 5. The number of hydrogen-bond acceptors (Lipinski definition) is 5. The molecule has 1 fully saturated rings. The first-order valence-corrected chi connectivity index (χ1v) is 12.3. The van der Waals surface area contributed by atoms with E-state index in [1.165, 1.54) is 13.2 Å². The number of hydrogen-bond donors (Lipinski definition) is 1. The molecule has 1 saturated heterocycles. The number of esters is 1. The van der Waals surface area contributed by atoms with Crippen molar-refractivity contribution in [2.45, 2.75) is 24.8 Å². The second-order valence-corrected chi connectivity index (χ2v) is 9.65. The molecule has 0 aliphatic carbocycles. The smallest absolute Gasteiger partial charge is 0.337 e. The highest BCUT2D eigenvalue weighted by Crippen LogP contribution is 2.47. The first-order chi connectivity index (χ1) is 17.9. The molecule has 2 aliphatic rings. The minimum absolute atomic E-state index is 0.233. The maximum Gasteiger partial charge on any atom is 0.337 e. The second-order valence-electron chi connectivity index (χ2n) is 9.65. The highest BCUT2D eigenvalue weighted by atomic mass is 19.1. The van der Waals surface area contributed by atoms with Crippen LogP contribution in [0.3, 0.4) is 0 Å². The molecule has 8 heteroatoms. The van der Waals surface area contributed by atoms with Crippen molar-refractivity contribution in [2.24, 2.45) is 0 Å². The lowest BCUT2D eigenvalue weighted by Crippen LogP contribution is -2.46. The van der Waals surface area contributed by atoms with E-state index in [4.69, 9.17) is 9.47 Å². The standard InChI is InChI=1S/C29H30FN3O4/c1-36-24-10-8-23(9-11-24)31-28(35)33-19-29(25-17-22(30)7-12-26(25)33)13-15-32(16-14-29)18-20-3-5-21(6-4-20)27(34)37-2/h3-12,17H,13-16,18-19H2,1-2H3,(H,31,35). The van der Waals surface area contributed by atoms with Crippen molar-refractivity contribution in [3.8, 4) is 5.75 Å². The molecule has 2 amide bonds. The van der Waals surface area contributed by atoms with Crippen LogP contribution < -0.4 is 15.0 Å². The number of likely N-dealkylation sites (tertiary alicyclic amines) is 1. The molecule has 0 saturated carbocycles. The van der Waals surface area contributed by atoms with Crippen LogP contribution in [0.15, 0.2) is 66.7 Å². The molecular weight excluding hydrogens is 473 g/mol. The minimum Gasteiger partial charge on any atom is -0.497 e. The third-order valence-electron chi connectivity index (χ3n) is 7.46. The van der Waals surface area contributed by atoms with Crippen LogP contribution in [0.4, 0.5) is 20.6 Å². The van der Waals surface area contributed by atoms with Crippen molar-refractivity contribution < 1.29 is 23.5 Å². The van der Waals surface area contributed by atoms with Gasteiger partial charge in [-0.15, -0.1) is 0 Å². The Morgan fingerprint density at radius 1 is 0.973 bits per heavy atom. The van der Waals surface area contributed by atoms with Gasteiger partial charge < -0.3 is 14.8 Å². The number of fused-ring (bicyclic) bond motifs is 2. The van der Waals surface area contributed by atoms with Gasteiger partial charge >= 0.3 is 12.0 Å². The number of nitrogens with zero attached hydrogens (tertiary/aromatic N) is 2. The van der Waals surface area contributed by atoms with Crippen LogP contribution >= 0.6 is 0 Å². The van der Waals surface area contributed by atoms with Gasteiger partial charge in [0.05, 0.1) is 19.8 Å². The van der Waals surface area contributed by atoms with Crippen LogP contribution in [0.5, 0.6) is 5.75 Å². The SMILES string of the molecule is COC(=O)c1ccc(CN2CCC3(CC2)CN(C(=O)Nc2ccc(OC)cc2)c2ccc(F)cc23)cc1. The minimum atomic E-state index is -0.348. The summed E-state index contributed by atoms with van der Waals surface area (Å²) >= 11 is 0. The van der Waals surface area contributed by atoms with Crippen molar-refractivity contribution in [3.63, 3.8) is 0 Å². The topological polar surface area (TPSA) is 71.1 Å². The van der Waals surface area contributed by atoms with Gasteiger partial charge in [-0.2, -0.15) is 0 Å². The molecule has 0 unspecified atom stereocenters. The van der Waals surface area contributed by atoms with E-state index in [0.717, 1.165) is 49.3 Å². The summed E-state index contributed by atoms with van der Waals surface area (Å²) in [5, 5.41) is 2.97. The molecule has 3 aromatic rings. The first-order valence-electron chi connectivity index (χ1n) is 12.3. The van der Waals surface area contributed by atoms with E-state index in [9.17, 15) is 14.0 Å². The van der Waals surface area contributed by atoms with Gasteiger partial charge in [0, 0.05) is 29.9 Å². The number of nitrogens with one attached hydrogen (secondary N) is 1. The third kappa shape index (κ3) is 5.02. The normalized spacial score (nSPS) is 16.4. The number of piperidine rings is 1. The molecule has 0 aromatic heterocycles. The van der Waals surface area contributed by atoms with E-state index in [-0.39, 0.29) is 23.2 Å². The number of urea groups is 1. The Balaban J connectivity index is 1.28. The molecule has 7 nitrogen and oxygen atoms in total. The highest BCUT2D eigenvalue weighted by Gasteiger charge is 2.46. The average molecular weight is 504 g/mol. The molecule has 37 heavy (non-hydrogen) atoms. The average Bonchev–Trinajstić information content (AvgIpc) is 3.23. The van der Waals surface area contributed by atoms with Gasteiger partial charge in [0.1, 0.15) is 11.6 Å². The van der Waals surface area contributed by atoms with E-state index < -0.39 is 0 Å². The van der Waals surface area contributed by atoms with Gasteiger partial charge in [0.15, 0.2) is 0 Å². The Labute approximate surface area is 215 Å². The fraction of sp³-hybridized carbons (Fsp3) is 0.310. The summed E-state index contributed by atoms with van der Waals surface area (Å²) in [6.45, 7) is 2.91. The van der Waals surface area contributed by atoms with Crippen molar-refractivity contribution in [3.05, 3.63) is 89.2 Å². The molecule has 2 aliphatic heterocycles. The summed E-state index contributed by atoms with van der Waals surface area (Å²) in [5.41, 5.74) is 3.69.